The number of aromatic nitrogens is 2. The number of hydrogen-bond donors (Lipinski definition) is 0. The van der Waals surface area contributed by atoms with Crippen LogP contribution in [0.1, 0.15) is 21.7 Å². The van der Waals surface area contributed by atoms with E-state index in [0.29, 0.717) is 15.6 Å². The Balaban J connectivity index is 1.69. The molecular formula is C23H16Cl2N2O. The van der Waals surface area contributed by atoms with Crippen molar-refractivity contribution in [1.82, 2.24) is 9.55 Å². The third-order valence-electron chi connectivity index (χ3n) is 4.45. The van der Waals surface area contributed by atoms with Gasteiger partial charge in [0.25, 0.3) is 0 Å². The maximum atomic E-state index is 12.8. The van der Waals surface area contributed by atoms with Crippen LogP contribution < -0.4 is 0 Å². The molecule has 3 aromatic carbocycles. The van der Waals surface area contributed by atoms with Crippen LogP contribution in [0.3, 0.4) is 0 Å². The highest BCUT2D eigenvalue weighted by atomic mass is 35.5. The number of imidazole rings is 1. The van der Waals surface area contributed by atoms with Crippen molar-refractivity contribution in [1.29, 1.82) is 0 Å². The van der Waals surface area contributed by atoms with E-state index >= 15 is 0 Å². The topological polar surface area (TPSA) is 34.9 Å². The third kappa shape index (κ3) is 4.01. The zero-order valence-electron chi connectivity index (χ0n) is 14.8. The standard InChI is InChI=1S/C23H16Cl2N2O/c24-18-10-5-16(6-11-18)7-14-23-26-20-3-1-2-4-21(20)27(23)15-22(28)17-8-12-19(25)13-9-17/h1-14H,15H2/b14-7+. The Labute approximate surface area is 172 Å². The van der Waals surface area contributed by atoms with E-state index in [1.54, 1.807) is 24.3 Å². The number of fused-ring (bicyclic) bond motifs is 1. The molecule has 0 bridgehead atoms. The molecule has 0 aliphatic carbocycles. The number of benzene rings is 3. The summed E-state index contributed by atoms with van der Waals surface area (Å²) in [6, 6.07) is 22.3. The highest BCUT2D eigenvalue weighted by Crippen LogP contribution is 2.20. The molecule has 0 saturated carbocycles. The summed E-state index contributed by atoms with van der Waals surface area (Å²) in [5, 5.41) is 1.30. The highest BCUT2D eigenvalue weighted by Gasteiger charge is 2.13. The Kier molecular flexibility index (Phi) is 5.29. The van der Waals surface area contributed by atoms with Crippen LogP contribution in [0.2, 0.25) is 10.0 Å². The number of carbonyl (C=O) groups excluding carboxylic acids is 1. The van der Waals surface area contributed by atoms with Gasteiger partial charge in [0, 0.05) is 15.6 Å². The molecule has 28 heavy (non-hydrogen) atoms. The minimum absolute atomic E-state index is 0.000891. The minimum atomic E-state index is 0.000891. The molecule has 4 aromatic rings. The zero-order valence-corrected chi connectivity index (χ0v) is 16.4. The fourth-order valence-electron chi connectivity index (χ4n) is 3.00. The molecule has 0 amide bonds. The second-order valence-corrected chi connectivity index (χ2v) is 7.23. The van der Waals surface area contributed by atoms with E-state index in [4.69, 9.17) is 23.2 Å². The van der Waals surface area contributed by atoms with Crippen LogP contribution in [0, 0.1) is 0 Å². The van der Waals surface area contributed by atoms with Crippen molar-refractivity contribution >= 4 is 52.2 Å². The van der Waals surface area contributed by atoms with Crippen molar-refractivity contribution in [2.75, 3.05) is 0 Å². The van der Waals surface area contributed by atoms with Gasteiger partial charge in [0.1, 0.15) is 5.82 Å². The number of Topliss-reactive ketones (excluding diaryl/α,β-unsaturated/α-hetero) is 1. The number of halogens is 2. The zero-order chi connectivity index (χ0) is 19.5. The van der Waals surface area contributed by atoms with Gasteiger partial charge < -0.3 is 4.57 Å². The molecule has 0 unspecified atom stereocenters. The first kappa shape index (κ1) is 18.5. The van der Waals surface area contributed by atoms with Gasteiger partial charge in [-0.05, 0) is 60.2 Å². The molecule has 138 valence electrons. The molecule has 0 aliphatic heterocycles. The number of carbonyl (C=O) groups is 1. The number of nitrogens with zero attached hydrogens (tertiary/aromatic N) is 2. The van der Waals surface area contributed by atoms with E-state index in [0.717, 1.165) is 22.4 Å². The summed E-state index contributed by atoms with van der Waals surface area (Å²) >= 11 is 11.9. The first-order valence-electron chi connectivity index (χ1n) is 8.78. The summed E-state index contributed by atoms with van der Waals surface area (Å²) in [6.45, 7) is 0.197. The lowest BCUT2D eigenvalue weighted by atomic mass is 10.1. The van der Waals surface area contributed by atoms with Gasteiger partial charge in [-0.1, -0.05) is 53.5 Å². The summed E-state index contributed by atoms with van der Waals surface area (Å²) in [6.07, 6.45) is 3.87. The maximum absolute atomic E-state index is 12.8. The Morgan fingerprint density at radius 1 is 0.857 bits per heavy atom. The van der Waals surface area contributed by atoms with E-state index in [9.17, 15) is 4.79 Å². The summed E-state index contributed by atoms with van der Waals surface area (Å²) in [5.41, 5.74) is 3.39. The molecule has 4 rings (SSSR count). The van der Waals surface area contributed by atoms with Gasteiger partial charge in [0.2, 0.25) is 0 Å². The van der Waals surface area contributed by atoms with Crippen molar-refractivity contribution in [3.05, 3.63) is 99.8 Å². The van der Waals surface area contributed by atoms with Crippen molar-refractivity contribution in [3.63, 3.8) is 0 Å². The molecule has 0 radical (unpaired) electrons. The quantitative estimate of drug-likeness (QED) is 0.359. The first-order chi connectivity index (χ1) is 13.6. The molecule has 0 saturated heterocycles. The SMILES string of the molecule is O=C(Cn1c(/C=C/c2ccc(Cl)cc2)nc2ccccc21)c1ccc(Cl)cc1. The Morgan fingerprint density at radius 2 is 1.50 bits per heavy atom. The van der Waals surface area contributed by atoms with E-state index in [1.807, 2.05) is 65.3 Å². The van der Waals surface area contributed by atoms with E-state index < -0.39 is 0 Å². The van der Waals surface area contributed by atoms with E-state index in [2.05, 4.69) is 4.98 Å². The van der Waals surface area contributed by atoms with Crippen LogP contribution in [0.25, 0.3) is 23.2 Å². The number of rotatable bonds is 5. The minimum Gasteiger partial charge on any atom is -0.317 e. The van der Waals surface area contributed by atoms with Crippen LogP contribution >= 0.6 is 23.2 Å². The van der Waals surface area contributed by atoms with Gasteiger partial charge in [-0.15, -0.1) is 0 Å². The molecule has 0 spiro atoms. The summed E-state index contributed by atoms with van der Waals surface area (Å²) < 4.78 is 1.93. The first-order valence-corrected chi connectivity index (χ1v) is 9.53. The molecular weight excluding hydrogens is 391 g/mol. The highest BCUT2D eigenvalue weighted by molar-refractivity contribution is 6.30. The molecule has 0 fully saturated rings. The van der Waals surface area contributed by atoms with Crippen LogP contribution in [-0.2, 0) is 6.54 Å². The Bertz CT molecular complexity index is 1160. The predicted octanol–water partition coefficient (Wildman–Crippen LogP) is 6.40. The van der Waals surface area contributed by atoms with Crippen LogP contribution in [0.4, 0.5) is 0 Å². The van der Waals surface area contributed by atoms with Crippen molar-refractivity contribution < 1.29 is 4.79 Å². The maximum Gasteiger partial charge on any atom is 0.182 e. The lowest BCUT2D eigenvalue weighted by Gasteiger charge is -2.07. The fourth-order valence-corrected chi connectivity index (χ4v) is 3.25. The van der Waals surface area contributed by atoms with E-state index in [1.165, 1.54) is 0 Å². The normalized spacial score (nSPS) is 11.4. The average Bonchev–Trinajstić information content (AvgIpc) is 3.05. The molecule has 5 heteroatoms. The average molecular weight is 407 g/mol. The van der Waals surface area contributed by atoms with Crippen LogP contribution in [0.15, 0.2) is 72.8 Å². The second kappa shape index (κ2) is 8.01. The predicted molar refractivity (Wildman–Crippen MR) is 116 cm³/mol. The van der Waals surface area contributed by atoms with Crippen molar-refractivity contribution in [3.8, 4) is 0 Å². The molecule has 0 N–H and O–H groups in total. The number of hydrogen-bond acceptors (Lipinski definition) is 2. The summed E-state index contributed by atoms with van der Waals surface area (Å²) in [7, 11) is 0. The van der Waals surface area contributed by atoms with Crippen LogP contribution in [-0.4, -0.2) is 15.3 Å². The van der Waals surface area contributed by atoms with Gasteiger partial charge in [0.05, 0.1) is 17.6 Å². The Morgan fingerprint density at radius 3 is 2.21 bits per heavy atom. The van der Waals surface area contributed by atoms with E-state index in [-0.39, 0.29) is 12.3 Å². The summed E-state index contributed by atoms with van der Waals surface area (Å²) in [4.78, 5) is 17.5. The molecule has 1 heterocycles. The molecule has 1 aromatic heterocycles. The fraction of sp³-hybridized carbons (Fsp3) is 0.0435. The summed E-state index contributed by atoms with van der Waals surface area (Å²) in [5.74, 6) is 0.722. The molecule has 0 aliphatic rings. The monoisotopic (exact) mass is 406 g/mol. The van der Waals surface area contributed by atoms with Crippen molar-refractivity contribution in [2.24, 2.45) is 0 Å². The van der Waals surface area contributed by atoms with Gasteiger partial charge in [-0.3, -0.25) is 4.79 Å². The van der Waals surface area contributed by atoms with Crippen LogP contribution in [0.5, 0.6) is 0 Å². The number of ketones is 1. The van der Waals surface area contributed by atoms with Gasteiger partial charge in [-0.2, -0.15) is 0 Å². The third-order valence-corrected chi connectivity index (χ3v) is 4.95. The molecule has 3 nitrogen and oxygen atoms in total. The Hall–Kier alpha value is -2.88. The molecule has 0 atom stereocenters. The number of para-hydroxylation sites is 2. The van der Waals surface area contributed by atoms with Gasteiger partial charge in [-0.25, -0.2) is 4.98 Å². The largest absolute Gasteiger partial charge is 0.317 e. The van der Waals surface area contributed by atoms with Crippen molar-refractivity contribution in [2.45, 2.75) is 6.54 Å². The van der Waals surface area contributed by atoms with Gasteiger partial charge >= 0.3 is 0 Å². The second-order valence-electron chi connectivity index (χ2n) is 6.36. The lowest BCUT2D eigenvalue weighted by Crippen LogP contribution is -2.11. The van der Waals surface area contributed by atoms with Gasteiger partial charge in [0.15, 0.2) is 5.78 Å². The smallest absolute Gasteiger partial charge is 0.182 e. The lowest BCUT2D eigenvalue weighted by molar-refractivity contribution is 0.0973.